The van der Waals surface area contributed by atoms with Crippen LogP contribution in [0.2, 0.25) is 0 Å². The monoisotopic (exact) mass is 345 g/mol. The lowest BCUT2D eigenvalue weighted by Gasteiger charge is -2.15. The molecule has 2 aromatic heterocycles. The van der Waals surface area contributed by atoms with Gasteiger partial charge in [-0.05, 0) is 35.0 Å². The first-order valence-corrected chi connectivity index (χ1v) is 8.40. The summed E-state index contributed by atoms with van der Waals surface area (Å²) in [7, 11) is 3.97. The van der Waals surface area contributed by atoms with E-state index in [1.165, 1.54) is 0 Å². The molecule has 0 radical (unpaired) electrons. The molecule has 0 bridgehead atoms. The van der Waals surface area contributed by atoms with E-state index >= 15 is 0 Å². The predicted molar refractivity (Wildman–Crippen MR) is 103 cm³/mol. The molecule has 2 aromatic carbocycles. The van der Waals surface area contributed by atoms with Gasteiger partial charge in [-0.2, -0.15) is 4.98 Å². The number of anilines is 2. The average molecular weight is 345 g/mol. The van der Waals surface area contributed by atoms with Crippen LogP contribution in [0.1, 0.15) is 5.56 Å². The highest BCUT2D eigenvalue weighted by Gasteiger charge is 2.10. The van der Waals surface area contributed by atoms with Crippen LogP contribution >= 0.6 is 0 Å². The maximum absolute atomic E-state index is 5.34. The molecular weight excluding hydrogens is 326 g/mol. The number of aromatic nitrogens is 3. The van der Waals surface area contributed by atoms with Crippen molar-refractivity contribution in [2.24, 2.45) is 0 Å². The summed E-state index contributed by atoms with van der Waals surface area (Å²) in [5.74, 6) is 1.89. The van der Waals surface area contributed by atoms with Crippen LogP contribution in [0.4, 0.5) is 11.8 Å². The van der Waals surface area contributed by atoms with Gasteiger partial charge in [-0.3, -0.25) is 0 Å². The SMILES string of the molecule is CN(C)c1cc(CNc2noc(-c3ccccc3)n2)c2ccccc2n1. The van der Waals surface area contributed by atoms with E-state index < -0.39 is 0 Å². The van der Waals surface area contributed by atoms with Crippen molar-refractivity contribution in [2.45, 2.75) is 6.54 Å². The molecule has 0 spiro atoms. The number of rotatable bonds is 5. The van der Waals surface area contributed by atoms with Gasteiger partial charge in [0.2, 0.25) is 0 Å². The normalized spacial score (nSPS) is 10.8. The Balaban J connectivity index is 1.59. The minimum absolute atomic E-state index is 0.469. The molecule has 0 aliphatic heterocycles. The Bertz CT molecular complexity index is 1030. The molecule has 0 unspecified atom stereocenters. The zero-order valence-electron chi connectivity index (χ0n) is 14.7. The second-order valence-corrected chi connectivity index (χ2v) is 6.19. The van der Waals surface area contributed by atoms with Crippen molar-refractivity contribution in [3.05, 3.63) is 66.2 Å². The van der Waals surface area contributed by atoms with Gasteiger partial charge < -0.3 is 14.7 Å². The zero-order chi connectivity index (χ0) is 17.9. The number of fused-ring (bicyclic) bond motifs is 1. The fourth-order valence-electron chi connectivity index (χ4n) is 2.77. The molecule has 4 rings (SSSR count). The summed E-state index contributed by atoms with van der Waals surface area (Å²) in [6, 6.07) is 19.9. The van der Waals surface area contributed by atoms with Gasteiger partial charge in [0.1, 0.15) is 5.82 Å². The molecule has 0 aliphatic rings. The van der Waals surface area contributed by atoms with E-state index in [0.29, 0.717) is 18.4 Å². The second kappa shape index (κ2) is 6.84. The molecule has 1 N–H and O–H groups in total. The Kier molecular flexibility index (Phi) is 4.23. The summed E-state index contributed by atoms with van der Waals surface area (Å²) < 4.78 is 5.34. The average Bonchev–Trinajstić information content (AvgIpc) is 3.15. The van der Waals surface area contributed by atoms with Gasteiger partial charge in [0.05, 0.1) is 5.52 Å². The van der Waals surface area contributed by atoms with Gasteiger partial charge in [-0.15, -0.1) is 0 Å². The van der Waals surface area contributed by atoms with Crippen LogP contribution in [0.5, 0.6) is 0 Å². The Morgan fingerprint density at radius 3 is 2.54 bits per heavy atom. The summed E-state index contributed by atoms with van der Waals surface area (Å²) >= 11 is 0. The lowest BCUT2D eigenvalue weighted by molar-refractivity contribution is 0.432. The van der Waals surface area contributed by atoms with Crippen molar-refractivity contribution in [2.75, 3.05) is 24.3 Å². The largest absolute Gasteiger partial charge is 0.363 e. The van der Waals surface area contributed by atoms with Gasteiger partial charge >= 0.3 is 0 Å². The van der Waals surface area contributed by atoms with Crippen molar-refractivity contribution >= 4 is 22.7 Å². The molecular formula is C20H19N5O. The van der Waals surface area contributed by atoms with Crippen molar-refractivity contribution < 1.29 is 4.52 Å². The van der Waals surface area contributed by atoms with Gasteiger partial charge in [-0.1, -0.05) is 36.4 Å². The highest BCUT2D eigenvalue weighted by atomic mass is 16.5. The lowest BCUT2D eigenvalue weighted by atomic mass is 10.1. The van der Waals surface area contributed by atoms with Gasteiger partial charge in [0, 0.05) is 31.6 Å². The summed E-state index contributed by atoms with van der Waals surface area (Å²) in [5, 5.41) is 8.38. The minimum Gasteiger partial charge on any atom is -0.363 e. The quantitative estimate of drug-likeness (QED) is 0.590. The number of para-hydroxylation sites is 1. The molecule has 0 saturated heterocycles. The van der Waals surface area contributed by atoms with Gasteiger partial charge in [0.25, 0.3) is 11.8 Å². The van der Waals surface area contributed by atoms with Crippen molar-refractivity contribution in [1.82, 2.24) is 15.1 Å². The Morgan fingerprint density at radius 1 is 0.962 bits per heavy atom. The van der Waals surface area contributed by atoms with E-state index in [2.05, 4.69) is 32.6 Å². The molecule has 6 heteroatoms. The predicted octanol–water partition coefficient (Wildman–Crippen LogP) is 3.96. The molecule has 130 valence electrons. The third-order valence-corrected chi connectivity index (χ3v) is 4.13. The molecule has 2 heterocycles. The topological polar surface area (TPSA) is 67.1 Å². The molecule has 26 heavy (non-hydrogen) atoms. The third kappa shape index (κ3) is 3.21. The summed E-state index contributed by atoms with van der Waals surface area (Å²) in [5.41, 5.74) is 3.00. The van der Waals surface area contributed by atoms with Crippen LogP contribution in [-0.2, 0) is 6.54 Å². The van der Waals surface area contributed by atoms with E-state index in [1.807, 2.05) is 67.5 Å². The Morgan fingerprint density at radius 2 is 1.73 bits per heavy atom. The van der Waals surface area contributed by atoms with Crippen LogP contribution in [-0.4, -0.2) is 29.2 Å². The fourth-order valence-corrected chi connectivity index (χ4v) is 2.77. The molecule has 0 amide bonds. The van der Waals surface area contributed by atoms with Crippen molar-refractivity contribution in [3.8, 4) is 11.5 Å². The molecule has 4 aromatic rings. The first-order chi connectivity index (χ1) is 12.7. The fraction of sp³-hybridized carbons (Fsp3) is 0.150. The highest BCUT2D eigenvalue weighted by Crippen LogP contribution is 2.23. The number of hydrogen-bond donors (Lipinski definition) is 1. The highest BCUT2D eigenvalue weighted by molar-refractivity contribution is 5.84. The number of benzene rings is 2. The second-order valence-electron chi connectivity index (χ2n) is 6.19. The van der Waals surface area contributed by atoms with E-state index in [9.17, 15) is 0 Å². The van der Waals surface area contributed by atoms with Crippen LogP contribution in [0.15, 0.2) is 65.2 Å². The summed E-state index contributed by atoms with van der Waals surface area (Å²) in [6.07, 6.45) is 0. The van der Waals surface area contributed by atoms with Crippen LogP contribution < -0.4 is 10.2 Å². The van der Waals surface area contributed by atoms with Gasteiger partial charge in [0.15, 0.2) is 0 Å². The van der Waals surface area contributed by atoms with Crippen LogP contribution in [0.25, 0.3) is 22.4 Å². The van der Waals surface area contributed by atoms with E-state index in [4.69, 9.17) is 4.52 Å². The summed E-state index contributed by atoms with van der Waals surface area (Å²) in [4.78, 5) is 11.1. The van der Waals surface area contributed by atoms with E-state index in [-0.39, 0.29) is 0 Å². The molecule has 0 fully saturated rings. The Hall–Kier alpha value is -3.41. The number of pyridine rings is 1. The number of nitrogens with zero attached hydrogens (tertiary/aromatic N) is 4. The smallest absolute Gasteiger partial charge is 0.264 e. The maximum atomic E-state index is 5.34. The number of hydrogen-bond acceptors (Lipinski definition) is 6. The Labute approximate surface area is 151 Å². The minimum atomic E-state index is 0.469. The maximum Gasteiger partial charge on any atom is 0.264 e. The van der Waals surface area contributed by atoms with E-state index in [1.54, 1.807) is 0 Å². The van der Waals surface area contributed by atoms with E-state index in [0.717, 1.165) is 27.8 Å². The first kappa shape index (κ1) is 16.1. The molecule has 6 nitrogen and oxygen atoms in total. The van der Waals surface area contributed by atoms with Gasteiger partial charge in [-0.25, -0.2) is 4.98 Å². The number of nitrogens with one attached hydrogen (secondary N) is 1. The molecule has 0 saturated carbocycles. The first-order valence-electron chi connectivity index (χ1n) is 8.40. The lowest BCUT2D eigenvalue weighted by Crippen LogP contribution is -2.12. The molecule has 0 aliphatic carbocycles. The third-order valence-electron chi connectivity index (χ3n) is 4.13. The molecule has 0 atom stereocenters. The van der Waals surface area contributed by atoms with Crippen LogP contribution in [0.3, 0.4) is 0 Å². The standard InChI is InChI=1S/C20H19N5O/c1-25(2)18-12-15(16-10-6-7-11-17(16)22-18)13-21-20-23-19(26-24-20)14-8-4-3-5-9-14/h3-12H,13H2,1-2H3,(H,21,24). The van der Waals surface area contributed by atoms with Crippen molar-refractivity contribution in [1.29, 1.82) is 0 Å². The summed E-state index contributed by atoms with van der Waals surface area (Å²) in [6.45, 7) is 0.581. The van der Waals surface area contributed by atoms with Crippen LogP contribution in [0, 0.1) is 0 Å². The van der Waals surface area contributed by atoms with Crippen molar-refractivity contribution in [3.63, 3.8) is 0 Å². The zero-order valence-corrected chi connectivity index (χ0v) is 14.7.